The van der Waals surface area contributed by atoms with Gasteiger partial charge in [-0.05, 0) is 23.6 Å². The Kier molecular flexibility index (Phi) is 3.92. The number of nitrogens with zero attached hydrogens (tertiary/aromatic N) is 2. The van der Waals surface area contributed by atoms with Crippen molar-refractivity contribution in [3.63, 3.8) is 0 Å². The van der Waals surface area contributed by atoms with Gasteiger partial charge >= 0.3 is 6.03 Å². The maximum atomic E-state index is 11.7. The van der Waals surface area contributed by atoms with Crippen molar-refractivity contribution in [1.82, 2.24) is 15.5 Å². The Morgan fingerprint density at radius 2 is 2.00 bits per heavy atom. The van der Waals surface area contributed by atoms with E-state index >= 15 is 0 Å². The van der Waals surface area contributed by atoms with Gasteiger partial charge in [0.1, 0.15) is 0 Å². The predicted octanol–water partition coefficient (Wildman–Crippen LogP) is 3.12. The molecule has 3 aromatic rings. The van der Waals surface area contributed by atoms with Gasteiger partial charge in [0, 0.05) is 5.69 Å². The molecule has 0 spiro atoms. The van der Waals surface area contributed by atoms with Crippen LogP contribution in [0.1, 0.15) is 5.89 Å². The van der Waals surface area contributed by atoms with Gasteiger partial charge in [-0.2, -0.15) is 0 Å². The Hall–Kier alpha value is -2.67. The SMILES string of the molecule is O=C(NCc1nnc(-c2cccs2)o1)Nc1ccccc1. The second-order valence-corrected chi connectivity index (χ2v) is 5.10. The number of nitrogens with one attached hydrogen (secondary N) is 2. The average Bonchev–Trinajstić information content (AvgIpc) is 3.17. The summed E-state index contributed by atoms with van der Waals surface area (Å²) < 4.78 is 5.47. The number of hydrogen-bond acceptors (Lipinski definition) is 5. The minimum Gasteiger partial charge on any atom is -0.418 e. The van der Waals surface area contributed by atoms with Gasteiger partial charge in [-0.25, -0.2) is 4.79 Å². The molecule has 2 aromatic heterocycles. The van der Waals surface area contributed by atoms with E-state index in [9.17, 15) is 4.79 Å². The third-order valence-electron chi connectivity index (χ3n) is 2.63. The highest BCUT2D eigenvalue weighted by Gasteiger charge is 2.10. The topological polar surface area (TPSA) is 80.1 Å². The van der Waals surface area contributed by atoms with Crippen molar-refractivity contribution in [2.24, 2.45) is 0 Å². The Morgan fingerprint density at radius 1 is 1.14 bits per heavy atom. The second kappa shape index (κ2) is 6.19. The standard InChI is InChI=1S/C14H12N4O2S/c19-14(16-10-5-2-1-3-6-10)15-9-12-17-18-13(20-12)11-7-4-8-21-11/h1-8H,9H2,(H2,15,16,19). The van der Waals surface area contributed by atoms with Crippen LogP contribution < -0.4 is 10.6 Å². The minimum atomic E-state index is -0.322. The summed E-state index contributed by atoms with van der Waals surface area (Å²) in [6, 6.07) is 12.7. The van der Waals surface area contributed by atoms with Gasteiger partial charge in [0.05, 0.1) is 11.4 Å². The van der Waals surface area contributed by atoms with Gasteiger partial charge < -0.3 is 15.1 Å². The summed E-state index contributed by atoms with van der Waals surface area (Å²) >= 11 is 1.52. The van der Waals surface area contributed by atoms with Crippen LogP contribution in [-0.4, -0.2) is 16.2 Å². The maximum Gasteiger partial charge on any atom is 0.319 e. The fourth-order valence-electron chi connectivity index (χ4n) is 1.68. The van der Waals surface area contributed by atoms with Crippen LogP contribution in [0.3, 0.4) is 0 Å². The lowest BCUT2D eigenvalue weighted by molar-refractivity contribution is 0.250. The molecule has 7 heteroatoms. The number of anilines is 1. The Balaban J connectivity index is 1.54. The number of carbonyl (C=O) groups is 1. The summed E-state index contributed by atoms with van der Waals surface area (Å²) in [6.45, 7) is 0.178. The van der Waals surface area contributed by atoms with E-state index in [1.807, 2.05) is 35.7 Å². The molecule has 0 aliphatic carbocycles. The van der Waals surface area contributed by atoms with Crippen LogP contribution in [0.2, 0.25) is 0 Å². The van der Waals surface area contributed by atoms with Gasteiger partial charge in [-0.1, -0.05) is 24.3 Å². The molecule has 0 atom stereocenters. The molecular formula is C14H12N4O2S. The molecule has 1 aromatic carbocycles. The van der Waals surface area contributed by atoms with Crippen LogP contribution in [0.15, 0.2) is 52.3 Å². The van der Waals surface area contributed by atoms with Crippen molar-refractivity contribution in [3.8, 4) is 10.8 Å². The molecule has 0 aliphatic rings. The fraction of sp³-hybridized carbons (Fsp3) is 0.0714. The molecule has 0 radical (unpaired) electrons. The van der Waals surface area contributed by atoms with Crippen molar-refractivity contribution < 1.29 is 9.21 Å². The molecule has 2 heterocycles. The summed E-state index contributed by atoms with van der Waals surface area (Å²) in [6.07, 6.45) is 0. The molecule has 0 fully saturated rings. The molecule has 2 N–H and O–H groups in total. The van der Waals surface area contributed by atoms with Gasteiger partial charge in [-0.3, -0.25) is 0 Å². The van der Waals surface area contributed by atoms with Gasteiger partial charge in [0.25, 0.3) is 5.89 Å². The van der Waals surface area contributed by atoms with Crippen LogP contribution in [0.25, 0.3) is 10.8 Å². The first-order valence-corrected chi connectivity index (χ1v) is 7.15. The molecule has 0 saturated carbocycles. The first-order chi connectivity index (χ1) is 10.3. The third-order valence-corrected chi connectivity index (χ3v) is 3.49. The highest BCUT2D eigenvalue weighted by molar-refractivity contribution is 7.13. The molecule has 0 unspecified atom stereocenters. The number of hydrogen-bond donors (Lipinski definition) is 2. The Bertz CT molecular complexity index is 710. The summed E-state index contributed by atoms with van der Waals surface area (Å²) in [4.78, 5) is 12.6. The van der Waals surface area contributed by atoms with E-state index in [2.05, 4.69) is 20.8 Å². The fourth-order valence-corrected chi connectivity index (χ4v) is 2.32. The van der Waals surface area contributed by atoms with Crippen molar-refractivity contribution in [3.05, 3.63) is 53.7 Å². The van der Waals surface area contributed by atoms with E-state index in [1.165, 1.54) is 11.3 Å². The highest BCUT2D eigenvalue weighted by Crippen LogP contribution is 2.22. The quantitative estimate of drug-likeness (QED) is 0.775. The minimum absolute atomic E-state index is 0.178. The van der Waals surface area contributed by atoms with Crippen LogP contribution in [0, 0.1) is 0 Å². The number of thiophene rings is 1. The van der Waals surface area contributed by atoms with E-state index in [0.717, 1.165) is 10.6 Å². The van der Waals surface area contributed by atoms with Crippen molar-refractivity contribution in [2.75, 3.05) is 5.32 Å². The second-order valence-electron chi connectivity index (χ2n) is 4.15. The molecular weight excluding hydrogens is 288 g/mol. The Labute approximate surface area is 124 Å². The summed E-state index contributed by atoms with van der Waals surface area (Å²) in [5.41, 5.74) is 0.722. The summed E-state index contributed by atoms with van der Waals surface area (Å²) in [5.74, 6) is 0.826. The van der Waals surface area contributed by atoms with Gasteiger partial charge in [-0.15, -0.1) is 21.5 Å². The van der Waals surface area contributed by atoms with Crippen LogP contribution in [0.5, 0.6) is 0 Å². The largest absolute Gasteiger partial charge is 0.418 e. The van der Waals surface area contributed by atoms with Gasteiger partial charge in [0.15, 0.2) is 0 Å². The van der Waals surface area contributed by atoms with E-state index < -0.39 is 0 Å². The molecule has 0 saturated heterocycles. The normalized spacial score (nSPS) is 10.3. The summed E-state index contributed by atoms with van der Waals surface area (Å²) in [5, 5.41) is 15.1. The molecule has 106 valence electrons. The van der Waals surface area contributed by atoms with Crippen LogP contribution in [-0.2, 0) is 6.54 Å². The molecule has 3 rings (SSSR count). The number of rotatable bonds is 4. The van der Waals surface area contributed by atoms with Crippen molar-refractivity contribution >= 4 is 23.1 Å². The number of carbonyl (C=O) groups excluding carboxylic acids is 1. The summed E-state index contributed by atoms with van der Waals surface area (Å²) in [7, 11) is 0. The van der Waals surface area contributed by atoms with E-state index in [-0.39, 0.29) is 12.6 Å². The lowest BCUT2D eigenvalue weighted by Crippen LogP contribution is -2.28. The number of urea groups is 1. The zero-order chi connectivity index (χ0) is 14.5. The van der Waals surface area contributed by atoms with E-state index in [0.29, 0.717) is 11.8 Å². The van der Waals surface area contributed by atoms with Gasteiger partial charge in [0.2, 0.25) is 5.89 Å². The number of aromatic nitrogens is 2. The molecule has 0 aliphatic heterocycles. The zero-order valence-electron chi connectivity index (χ0n) is 10.9. The number of benzene rings is 1. The number of para-hydroxylation sites is 1. The van der Waals surface area contributed by atoms with E-state index in [1.54, 1.807) is 12.1 Å². The lowest BCUT2D eigenvalue weighted by Gasteiger charge is -2.05. The average molecular weight is 300 g/mol. The van der Waals surface area contributed by atoms with Crippen LogP contribution >= 0.6 is 11.3 Å². The maximum absolute atomic E-state index is 11.7. The molecule has 6 nitrogen and oxygen atoms in total. The molecule has 0 bridgehead atoms. The monoisotopic (exact) mass is 300 g/mol. The predicted molar refractivity (Wildman–Crippen MR) is 79.9 cm³/mol. The Morgan fingerprint density at radius 3 is 2.76 bits per heavy atom. The van der Waals surface area contributed by atoms with Crippen molar-refractivity contribution in [2.45, 2.75) is 6.54 Å². The van der Waals surface area contributed by atoms with E-state index in [4.69, 9.17) is 4.42 Å². The first kappa shape index (κ1) is 13.3. The third kappa shape index (κ3) is 3.46. The first-order valence-electron chi connectivity index (χ1n) is 6.27. The number of amides is 2. The zero-order valence-corrected chi connectivity index (χ0v) is 11.8. The smallest absolute Gasteiger partial charge is 0.319 e. The van der Waals surface area contributed by atoms with Crippen molar-refractivity contribution in [1.29, 1.82) is 0 Å². The molecule has 2 amide bonds. The lowest BCUT2D eigenvalue weighted by atomic mass is 10.3. The van der Waals surface area contributed by atoms with Crippen LogP contribution in [0.4, 0.5) is 10.5 Å². The highest BCUT2D eigenvalue weighted by atomic mass is 32.1. The molecule has 21 heavy (non-hydrogen) atoms.